The van der Waals surface area contributed by atoms with Crippen LogP contribution in [0.15, 0.2) is 12.2 Å². The highest BCUT2D eigenvalue weighted by Crippen LogP contribution is 2.35. The van der Waals surface area contributed by atoms with Crippen molar-refractivity contribution in [2.24, 2.45) is 17.8 Å². The Morgan fingerprint density at radius 1 is 0.842 bits per heavy atom. The smallest absolute Gasteiger partial charge is 0.0571 e. The van der Waals surface area contributed by atoms with Gasteiger partial charge in [0, 0.05) is 7.11 Å². The lowest BCUT2D eigenvalue weighted by atomic mass is 9.77. The van der Waals surface area contributed by atoms with Gasteiger partial charge in [-0.3, -0.25) is 0 Å². The first-order valence-electron chi connectivity index (χ1n) is 8.47. The molecule has 0 radical (unpaired) electrons. The highest BCUT2D eigenvalue weighted by atomic mass is 16.5. The Morgan fingerprint density at radius 3 is 1.84 bits per heavy atom. The first-order valence-corrected chi connectivity index (χ1v) is 8.47. The third kappa shape index (κ3) is 4.95. The summed E-state index contributed by atoms with van der Waals surface area (Å²) in [6.07, 6.45) is 19.4. The van der Waals surface area contributed by atoms with E-state index in [2.05, 4.69) is 19.1 Å². The molecule has 0 aromatic heterocycles. The van der Waals surface area contributed by atoms with Crippen molar-refractivity contribution in [2.45, 2.75) is 77.2 Å². The van der Waals surface area contributed by atoms with Crippen LogP contribution < -0.4 is 0 Å². The van der Waals surface area contributed by atoms with Gasteiger partial charge in [0.2, 0.25) is 0 Å². The minimum absolute atomic E-state index is 0.563. The predicted molar refractivity (Wildman–Crippen MR) is 82.3 cm³/mol. The van der Waals surface area contributed by atoms with Crippen LogP contribution in [0.5, 0.6) is 0 Å². The molecule has 2 aliphatic carbocycles. The number of rotatable bonds is 5. The summed E-state index contributed by atoms with van der Waals surface area (Å²) in [5, 5.41) is 0. The minimum atomic E-state index is 0.563. The second kappa shape index (κ2) is 8.09. The fourth-order valence-corrected chi connectivity index (χ4v) is 4.07. The van der Waals surface area contributed by atoms with Crippen LogP contribution in [0.3, 0.4) is 0 Å². The van der Waals surface area contributed by atoms with Gasteiger partial charge in [-0.15, -0.1) is 0 Å². The second-order valence-corrected chi connectivity index (χ2v) is 6.76. The number of allylic oxidation sites excluding steroid dienone is 2. The van der Waals surface area contributed by atoms with E-state index in [1.165, 1.54) is 64.2 Å². The SMILES string of the molecule is C/C=C/[C@H]1CC[C@H](CC[C@H]2CC[C@H](OC)CC2)CC1. The number of hydrogen-bond donors (Lipinski definition) is 0. The molecule has 0 aromatic rings. The van der Waals surface area contributed by atoms with Crippen molar-refractivity contribution in [1.29, 1.82) is 0 Å². The fraction of sp³-hybridized carbons (Fsp3) is 0.889. The Kier molecular flexibility index (Phi) is 6.43. The summed E-state index contributed by atoms with van der Waals surface area (Å²) in [5.41, 5.74) is 0. The molecule has 0 N–H and O–H groups in total. The molecule has 0 amide bonds. The molecule has 2 rings (SSSR count). The van der Waals surface area contributed by atoms with Gasteiger partial charge in [-0.05, 0) is 76.0 Å². The largest absolute Gasteiger partial charge is 0.381 e. The molecule has 0 unspecified atom stereocenters. The summed E-state index contributed by atoms with van der Waals surface area (Å²) in [7, 11) is 1.87. The highest BCUT2D eigenvalue weighted by molar-refractivity contribution is 4.89. The van der Waals surface area contributed by atoms with E-state index in [4.69, 9.17) is 4.74 Å². The van der Waals surface area contributed by atoms with Gasteiger partial charge in [0.05, 0.1) is 6.10 Å². The van der Waals surface area contributed by atoms with E-state index in [-0.39, 0.29) is 0 Å². The minimum Gasteiger partial charge on any atom is -0.381 e. The summed E-state index contributed by atoms with van der Waals surface area (Å²) >= 11 is 0. The average molecular weight is 264 g/mol. The molecule has 0 heterocycles. The monoisotopic (exact) mass is 264 g/mol. The molecule has 110 valence electrons. The molecule has 0 spiro atoms. The predicted octanol–water partition coefficient (Wildman–Crippen LogP) is 5.35. The van der Waals surface area contributed by atoms with E-state index >= 15 is 0 Å². The summed E-state index contributed by atoms with van der Waals surface area (Å²) in [5.74, 6) is 2.92. The van der Waals surface area contributed by atoms with Gasteiger partial charge >= 0.3 is 0 Å². The number of hydrogen-bond acceptors (Lipinski definition) is 1. The Balaban J connectivity index is 1.59. The van der Waals surface area contributed by atoms with Crippen molar-refractivity contribution in [1.82, 2.24) is 0 Å². The van der Waals surface area contributed by atoms with Crippen LogP contribution in [-0.2, 0) is 4.74 Å². The zero-order valence-electron chi connectivity index (χ0n) is 12.9. The van der Waals surface area contributed by atoms with Gasteiger partial charge < -0.3 is 4.74 Å². The summed E-state index contributed by atoms with van der Waals surface area (Å²) in [6, 6.07) is 0. The van der Waals surface area contributed by atoms with Crippen LogP contribution in [-0.4, -0.2) is 13.2 Å². The Bertz CT molecular complexity index is 255. The third-order valence-corrected chi connectivity index (χ3v) is 5.47. The third-order valence-electron chi connectivity index (χ3n) is 5.47. The van der Waals surface area contributed by atoms with Crippen LogP contribution in [0.1, 0.15) is 71.1 Å². The molecule has 2 saturated carbocycles. The fourth-order valence-electron chi connectivity index (χ4n) is 4.07. The van der Waals surface area contributed by atoms with Crippen LogP contribution in [0.25, 0.3) is 0 Å². The van der Waals surface area contributed by atoms with Crippen LogP contribution in [0.4, 0.5) is 0 Å². The molecular weight excluding hydrogens is 232 g/mol. The maximum absolute atomic E-state index is 5.46. The first kappa shape index (κ1) is 15.1. The average Bonchev–Trinajstić information content (AvgIpc) is 2.47. The lowest BCUT2D eigenvalue weighted by molar-refractivity contribution is 0.0541. The molecule has 2 aliphatic rings. The van der Waals surface area contributed by atoms with Gasteiger partial charge in [0.25, 0.3) is 0 Å². The van der Waals surface area contributed by atoms with Crippen LogP contribution >= 0.6 is 0 Å². The second-order valence-electron chi connectivity index (χ2n) is 6.76. The molecule has 1 nitrogen and oxygen atoms in total. The zero-order valence-corrected chi connectivity index (χ0v) is 12.9. The topological polar surface area (TPSA) is 9.23 Å². The van der Waals surface area contributed by atoms with Gasteiger partial charge in [-0.1, -0.05) is 25.0 Å². The molecule has 0 atom stereocenters. The molecule has 0 aromatic carbocycles. The van der Waals surface area contributed by atoms with Crippen molar-refractivity contribution >= 4 is 0 Å². The Hall–Kier alpha value is -0.300. The van der Waals surface area contributed by atoms with Crippen LogP contribution in [0, 0.1) is 17.8 Å². The molecule has 0 saturated heterocycles. The van der Waals surface area contributed by atoms with Crippen molar-refractivity contribution < 1.29 is 4.74 Å². The standard InChI is InChI=1S/C18H32O/c1-3-4-15-5-7-16(8-6-15)9-10-17-11-13-18(19-2)14-12-17/h3-4,15-18H,5-14H2,1-2H3/b4-3+/t15-,16-,17-,18-. The first-order chi connectivity index (χ1) is 9.31. The zero-order chi connectivity index (χ0) is 13.5. The van der Waals surface area contributed by atoms with E-state index < -0.39 is 0 Å². The van der Waals surface area contributed by atoms with Crippen molar-refractivity contribution in [3.8, 4) is 0 Å². The van der Waals surface area contributed by atoms with E-state index in [1.807, 2.05) is 7.11 Å². The van der Waals surface area contributed by atoms with Gasteiger partial charge in [-0.25, -0.2) is 0 Å². The summed E-state index contributed by atoms with van der Waals surface area (Å²) < 4.78 is 5.46. The normalized spacial score (nSPS) is 36.7. The quantitative estimate of drug-likeness (QED) is 0.608. The maximum Gasteiger partial charge on any atom is 0.0571 e. The van der Waals surface area contributed by atoms with E-state index in [0.29, 0.717) is 6.10 Å². The highest BCUT2D eigenvalue weighted by Gasteiger charge is 2.23. The maximum atomic E-state index is 5.46. The van der Waals surface area contributed by atoms with Gasteiger partial charge in [0.15, 0.2) is 0 Å². The Morgan fingerprint density at radius 2 is 1.37 bits per heavy atom. The molecule has 0 bridgehead atoms. The summed E-state index contributed by atoms with van der Waals surface area (Å²) in [4.78, 5) is 0. The van der Waals surface area contributed by atoms with E-state index in [0.717, 1.165) is 17.8 Å². The van der Waals surface area contributed by atoms with E-state index in [1.54, 1.807) is 0 Å². The lowest BCUT2D eigenvalue weighted by Crippen LogP contribution is -2.21. The van der Waals surface area contributed by atoms with Crippen molar-refractivity contribution in [3.05, 3.63) is 12.2 Å². The molecule has 1 heteroatoms. The lowest BCUT2D eigenvalue weighted by Gasteiger charge is -2.31. The Labute approximate surface area is 119 Å². The van der Waals surface area contributed by atoms with Crippen molar-refractivity contribution in [3.63, 3.8) is 0 Å². The van der Waals surface area contributed by atoms with Crippen LogP contribution in [0.2, 0.25) is 0 Å². The molecule has 2 fully saturated rings. The molecular formula is C18H32O. The molecule has 0 aliphatic heterocycles. The van der Waals surface area contributed by atoms with E-state index in [9.17, 15) is 0 Å². The van der Waals surface area contributed by atoms with Gasteiger partial charge in [-0.2, -0.15) is 0 Å². The van der Waals surface area contributed by atoms with Gasteiger partial charge in [0.1, 0.15) is 0 Å². The number of methoxy groups -OCH3 is 1. The number of ether oxygens (including phenoxy) is 1. The summed E-state index contributed by atoms with van der Waals surface area (Å²) in [6.45, 7) is 2.16. The van der Waals surface area contributed by atoms with Crippen molar-refractivity contribution in [2.75, 3.05) is 7.11 Å². The molecule has 19 heavy (non-hydrogen) atoms.